The SMILES string of the molecule is COc1ccccc1CSn1c(Cc2ccccc2)c(I)cnc1=O. The molecule has 0 unspecified atom stereocenters. The molecule has 128 valence electrons. The summed E-state index contributed by atoms with van der Waals surface area (Å²) >= 11 is 3.68. The summed E-state index contributed by atoms with van der Waals surface area (Å²) in [7, 11) is 1.66. The zero-order valence-electron chi connectivity index (χ0n) is 13.7. The van der Waals surface area contributed by atoms with Crippen LogP contribution >= 0.6 is 34.5 Å². The molecule has 0 atom stereocenters. The van der Waals surface area contributed by atoms with Gasteiger partial charge < -0.3 is 4.74 Å². The first-order chi connectivity index (χ1) is 12.2. The Morgan fingerprint density at radius 1 is 1.12 bits per heavy atom. The number of methoxy groups -OCH3 is 1. The van der Waals surface area contributed by atoms with Gasteiger partial charge in [0.1, 0.15) is 5.75 Å². The second-order valence-corrected chi connectivity index (χ2v) is 7.45. The summed E-state index contributed by atoms with van der Waals surface area (Å²) in [6, 6.07) is 18.0. The summed E-state index contributed by atoms with van der Waals surface area (Å²) < 4.78 is 8.07. The number of benzene rings is 2. The Morgan fingerprint density at radius 2 is 1.84 bits per heavy atom. The van der Waals surface area contributed by atoms with Crippen molar-refractivity contribution >= 4 is 34.5 Å². The molecule has 0 spiro atoms. The molecule has 0 aliphatic rings. The molecule has 1 heterocycles. The fourth-order valence-electron chi connectivity index (χ4n) is 2.49. The van der Waals surface area contributed by atoms with Gasteiger partial charge in [-0.15, -0.1) is 0 Å². The van der Waals surface area contributed by atoms with Crippen LogP contribution in [0.5, 0.6) is 5.75 Å². The minimum absolute atomic E-state index is 0.244. The van der Waals surface area contributed by atoms with Crippen LogP contribution in [0.1, 0.15) is 16.8 Å². The predicted molar refractivity (Wildman–Crippen MR) is 110 cm³/mol. The summed E-state index contributed by atoms with van der Waals surface area (Å²) in [5, 5.41) is 0. The van der Waals surface area contributed by atoms with Crippen molar-refractivity contribution in [2.24, 2.45) is 0 Å². The molecule has 0 saturated carbocycles. The molecular formula is C19H17IN2O2S. The minimum Gasteiger partial charge on any atom is -0.496 e. The molecule has 2 aromatic carbocycles. The zero-order chi connectivity index (χ0) is 17.6. The second kappa shape index (κ2) is 8.53. The molecule has 0 aliphatic carbocycles. The quantitative estimate of drug-likeness (QED) is 0.515. The molecule has 0 aliphatic heterocycles. The predicted octanol–water partition coefficient (Wildman–Crippen LogP) is 4.14. The highest BCUT2D eigenvalue weighted by Crippen LogP contribution is 2.25. The van der Waals surface area contributed by atoms with Gasteiger partial charge in [-0.3, -0.25) is 0 Å². The smallest absolute Gasteiger partial charge is 0.357 e. The van der Waals surface area contributed by atoms with E-state index in [9.17, 15) is 4.79 Å². The highest BCUT2D eigenvalue weighted by Gasteiger charge is 2.12. The molecule has 0 N–H and O–H groups in total. The van der Waals surface area contributed by atoms with Crippen LogP contribution in [0, 0.1) is 3.57 Å². The average Bonchev–Trinajstić information content (AvgIpc) is 2.65. The largest absolute Gasteiger partial charge is 0.496 e. The van der Waals surface area contributed by atoms with E-state index in [4.69, 9.17) is 4.74 Å². The number of para-hydroxylation sites is 1. The molecular weight excluding hydrogens is 447 g/mol. The Labute approximate surface area is 164 Å². The van der Waals surface area contributed by atoms with Crippen molar-refractivity contribution in [2.45, 2.75) is 12.2 Å². The van der Waals surface area contributed by atoms with E-state index in [0.717, 1.165) is 26.1 Å². The number of rotatable bonds is 6. The topological polar surface area (TPSA) is 44.1 Å². The standard InChI is InChI=1S/C19H17IN2O2S/c1-24-18-10-6-5-9-15(18)13-25-22-17(16(20)12-21-19(22)23)11-14-7-3-2-4-8-14/h2-10,12H,11,13H2,1H3. The maximum atomic E-state index is 12.4. The van der Waals surface area contributed by atoms with Gasteiger partial charge in [0, 0.05) is 23.9 Å². The molecule has 1 aromatic heterocycles. The van der Waals surface area contributed by atoms with Crippen molar-refractivity contribution in [3.05, 3.63) is 91.7 Å². The number of hydrogen-bond donors (Lipinski definition) is 0. The van der Waals surface area contributed by atoms with Gasteiger partial charge >= 0.3 is 5.69 Å². The summed E-state index contributed by atoms with van der Waals surface area (Å²) in [4.78, 5) is 16.3. The van der Waals surface area contributed by atoms with E-state index in [1.54, 1.807) is 17.3 Å². The van der Waals surface area contributed by atoms with E-state index in [-0.39, 0.29) is 5.69 Å². The molecule has 0 radical (unpaired) electrons. The summed E-state index contributed by atoms with van der Waals surface area (Å²) in [6.45, 7) is 0. The van der Waals surface area contributed by atoms with Crippen LogP contribution < -0.4 is 10.4 Å². The normalized spacial score (nSPS) is 10.6. The van der Waals surface area contributed by atoms with Crippen LogP contribution in [0.2, 0.25) is 0 Å². The van der Waals surface area contributed by atoms with Crippen LogP contribution in [0.4, 0.5) is 0 Å². The fourth-order valence-corrected chi connectivity index (χ4v) is 4.20. The highest BCUT2D eigenvalue weighted by atomic mass is 127. The Bertz CT molecular complexity index is 913. The maximum absolute atomic E-state index is 12.4. The first-order valence-corrected chi connectivity index (χ1v) is 9.76. The summed E-state index contributed by atoms with van der Waals surface area (Å²) in [5.74, 6) is 1.46. The molecule has 25 heavy (non-hydrogen) atoms. The van der Waals surface area contributed by atoms with E-state index in [1.165, 1.54) is 11.9 Å². The maximum Gasteiger partial charge on any atom is 0.357 e. The third-order valence-electron chi connectivity index (χ3n) is 3.74. The average molecular weight is 464 g/mol. The van der Waals surface area contributed by atoms with Gasteiger partial charge in [0.05, 0.1) is 16.4 Å². The van der Waals surface area contributed by atoms with E-state index < -0.39 is 0 Å². The van der Waals surface area contributed by atoms with E-state index in [1.807, 2.05) is 42.5 Å². The van der Waals surface area contributed by atoms with Crippen LogP contribution in [-0.2, 0) is 12.2 Å². The molecule has 0 amide bonds. The minimum atomic E-state index is -0.244. The van der Waals surface area contributed by atoms with Crippen molar-refractivity contribution in [1.82, 2.24) is 8.96 Å². The zero-order valence-corrected chi connectivity index (χ0v) is 16.7. The van der Waals surface area contributed by atoms with Gasteiger partial charge in [0.2, 0.25) is 0 Å². The van der Waals surface area contributed by atoms with Crippen LogP contribution in [-0.4, -0.2) is 16.1 Å². The number of aromatic nitrogens is 2. The lowest BCUT2D eigenvalue weighted by Gasteiger charge is -2.14. The van der Waals surface area contributed by atoms with Crippen molar-refractivity contribution in [1.29, 1.82) is 0 Å². The van der Waals surface area contributed by atoms with Crippen LogP contribution in [0.15, 0.2) is 65.6 Å². The van der Waals surface area contributed by atoms with Crippen molar-refractivity contribution < 1.29 is 4.74 Å². The highest BCUT2D eigenvalue weighted by molar-refractivity contribution is 14.1. The lowest BCUT2D eigenvalue weighted by Crippen LogP contribution is -2.23. The second-order valence-electron chi connectivity index (χ2n) is 5.38. The van der Waals surface area contributed by atoms with Crippen LogP contribution in [0.3, 0.4) is 0 Å². The van der Waals surface area contributed by atoms with Gasteiger partial charge in [-0.25, -0.2) is 8.77 Å². The first kappa shape index (κ1) is 18.0. The number of nitrogens with zero attached hydrogens (tertiary/aromatic N) is 2. The monoisotopic (exact) mass is 464 g/mol. The molecule has 3 rings (SSSR count). The van der Waals surface area contributed by atoms with Crippen LogP contribution in [0.25, 0.3) is 0 Å². The van der Waals surface area contributed by atoms with E-state index in [2.05, 4.69) is 39.7 Å². The van der Waals surface area contributed by atoms with Gasteiger partial charge in [-0.05, 0) is 46.2 Å². The molecule has 0 bridgehead atoms. The van der Waals surface area contributed by atoms with E-state index in [0.29, 0.717) is 12.2 Å². The molecule has 4 nitrogen and oxygen atoms in total. The third-order valence-corrected chi connectivity index (χ3v) is 5.71. The van der Waals surface area contributed by atoms with Crippen molar-refractivity contribution in [3.63, 3.8) is 0 Å². The molecule has 6 heteroatoms. The Kier molecular flexibility index (Phi) is 6.14. The van der Waals surface area contributed by atoms with Gasteiger partial charge in [0.15, 0.2) is 0 Å². The summed E-state index contributed by atoms with van der Waals surface area (Å²) in [5.41, 5.74) is 2.93. The van der Waals surface area contributed by atoms with Crippen molar-refractivity contribution in [3.8, 4) is 5.75 Å². The Morgan fingerprint density at radius 3 is 2.60 bits per heavy atom. The summed E-state index contributed by atoms with van der Waals surface area (Å²) in [6.07, 6.45) is 2.33. The molecule has 0 saturated heterocycles. The lowest BCUT2D eigenvalue weighted by molar-refractivity contribution is 0.411. The molecule has 3 aromatic rings. The van der Waals surface area contributed by atoms with Gasteiger partial charge in [-0.2, -0.15) is 4.98 Å². The number of ether oxygens (including phenoxy) is 1. The Balaban J connectivity index is 1.90. The first-order valence-electron chi connectivity index (χ1n) is 7.74. The van der Waals surface area contributed by atoms with Gasteiger partial charge in [-0.1, -0.05) is 48.5 Å². The fraction of sp³-hybridized carbons (Fsp3) is 0.158. The van der Waals surface area contributed by atoms with Gasteiger partial charge in [0.25, 0.3) is 0 Å². The lowest BCUT2D eigenvalue weighted by atomic mass is 10.1. The number of hydrogen-bond acceptors (Lipinski definition) is 4. The Hall–Kier alpha value is -1.80. The molecule has 0 fully saturated rings. The third kappa shape index (κ3) is 4.43. The van der Waals surface area contributed by atoms with Crippen molar-refractivity contribution in [2.75, 3.05) is 7.11 Å². The number of halogens is 1. The van der Waals surface area contributed by atoms with E-state index >= 15 is 0 Å².